The summed E-state index contributed by atoms with van der Waals surface area (Å²) in [5, 5.41) is 11.1. The van der Waals surface area contributed by atoms with E-state index in [0.29, 0.717) is 16.4 Å². The molecule has 3 rings (SSSR count). The number of aliphatic hydroxyl groups is 1. The molecule has 10 heteroatoms. The Bertz CT molecular complexity index is 1100. The van der Waals surface area contributed by atoms with E-state index in [-0.39, 0.29) is 20.6 Å². The number of sulfonamides is 1. The number of nitrogens with zero attached hydrogens (tertiary/aromatic N) is 2. The fourth-order valence-corrected chi connectivity index (χ4v) is 4.09. The molecule has 6 nitrogen and oxygen atoms in total. The predicted octanol–water partition coefficient (Wildman–Crippen LogP) is 4.02. The smallest absolute Gasteiger partial charge is 0.243 e. The van der Waals surface area contributed by atoms with Crippen LogP contribution in [0.2, 0.25) is 15.1 Å². The molecule has 0 radical (unpaired) electrons. The quantitative estimate of drug-likeness (QED) is 0.580. The third-order valence-corrected chi connectivity index (χ3v) is 6.23. The van der Waals surface area contributed by atoms with Crippen molar-refractivity contribution < 1.29 is 13.5 Å². The van der Waals surface area contributed by atoms with Gasteiger partial charge >= 0.3 is 0 Å². The molecule has 27 heavy (non-hydrogen) atoms. The highest BCUT2D eigenvalue weighted by atomic mass is 35.5. The second kappa shape index (κ2) is 7.79. The Balaban J connectivity index is 1.88. The van der Waals surface area contributed by atoms with Gasteiger partial charge in [-0.1, -0.05) is 46.9 Å². The predicted molar refractivity (Wildman–Crippen MR) is 105 cm³/mol. The molecule has 0 aliphatic rings. The minimum absolute atomic E-state index is 0.0906. The Morgan fingerprint density at radius 1 is 1.07 bits per heavy atom. The van der Waals surface area contributed by atoms with Crippen molar-refractivity contribution in [1.29, 1.82) is 0 Å². The maximum absolute atomic E-state index is 12.5. The summed E-state index contributed by atoms with van der Waals surface area (Å²) < 4.78 is 28.7. The second-order valence-corrected chi connectivity index (χ2v) is 8.62. The maximum atomic E-state index is 12.5. The molecular weight excluding hydrogens is 433 g/mol. The first-order valence-electron chi connectivity index (χ1n) is 7.62. The molecule has 0 aliphatic carbocycles. The molecule has 1 heterocycles. The SMILES string of the molecule is Cn1cc(C(O)NS(=O)(=O)c2ccc(Cl)c(Cl)c2)nc1-c1ccccc1Cl. The first kappa shape index (κ1) is 20.1. The highest BCUT2D eigenvalue weighted by molar-refractivity contribution is 7.89. The van der Waals surface area contributed by atoms with Crippen molar-refractivity contribution in [1.82, 2.24) is 14.3 Å². The number of nitrogens with one attached hydrogen (secondary N) is 1. The molecule has 142 valence electrons. The van der Waals surface area contributed by atoms with Crippen LogP contribution in [0.4, 0.5) is 0 Å². The van der Waals surface area contributed by atoms with Crippen molar-refractivity contribution in [2.75, 3.05) is 0 Å². The van der Waals surface area contributed by atoms with Crippen molar-refractivity contribution in [2.45, 2.75) is 11.1 Å². The molecule has 0 saturated carbocycles. The summed E-state index contributed by atoms with van der Waals surface area (Å²) in [6.45, 7) is 0. The van der Waals surface area contributed by atoms with Gasteiger partial charge in [-0.2, -0.15) is 4.72 Å². The van der Waals surface area contributed by atoms with E-state index in [1.165, 1.54) is 24.4 Å². The van der Waals surface area contributed by atoms with E-state index in [1.54, 1.807) is 35.9 Å². The number of aryl methyl sites for hydroxylation is 1. The lowest BCUT2D eigenvalue weighted by molar-refractivity contribution is 0.162. The van der Waals surface area contributed by atoms with E-state index in [1.807, 2.05) is 0 Å². The van der Waals surface area contributed by atoms with Crippen molar-refractivity contribution in [3.05, 3.63) is 69.4 Å². The van der Waals surface area contributed by atoms with Crippen molar-refractivity contribution in [2.24, 2.45) is 7.05 Å². The normalized spacial score (nSPS) is 12.9. The first-order chi connectivity index (χ1) is 12.7. The number of halogens is 3. The number of hydrogen-bond donors (Lipinski definition) is 2. The largest absolute Gasteiger partial charge is 0.372 e. The molecule has 0 amide bonds. The van der Waals surface area contributed by atoms with E-state index in [2.05, 4.69) is 9.71 Å². The topological polar surface area (TPSA) is 84.2 Å². The Morgan fingerprint density at radius 3 is 2.44 bits per heavy atom. The minimum Gasteiger partial charge on any atom is -0.372 e. The third kappa shape index (κ3) is 4.29. The van der Waals surface area contributed by atoms with Crippen LogP contribution in [0.15, 0.2) is 53.6 Å². The van der Waals surface area contributed by atoms with Crippen molar-refractivity contribution in [3.63, 3.8) is 0 Å². The Labute approximate surface area is 171 Å². The number of aromatic nitrogens is 2. The molecular formula is C17H14Cl3N3O3S. The van der Waals surface area contributed by atoms with Gasteiger partial charge in [-0.3, -0.25) is 0 Å². The van der Waals surface area contributed by atoms with Gasteiger partial charge in [0.05, 0.1) is 20.0 Å². The molecule has 0 spiro atoms. The van der Waals surface area contributed by atoms with Gasteiger partial charge in [0.15, 0.2) is 6.23 Å². The van der Waals surface area contributed by atoms with Crippen LogP contribution in [-0.4, -0.2) is 23.1 Å². The van der Waals surface area contributed by atoms with Crippen LogP contribution in [-0.2, 0) is 17.1 Å². The van der Waals surface area contributed by atoms with Crippen LogP contribution in [0, 0.1) is 0 Å². The maximum Gasteiger partial charge on any atom is 0.243 e. The van der Waals surface area contributed by atoms with Crippen LogP contribution in [0.1, 0.15) is 11.9 Å². The highest BCUT2D eigenvalue weighted by Crippen LogP contribution is 2.28. The van der Waals surface area contributed by atoms with Gasteiger partial charge < -0.3 is 9.67 Å². The summed E-state index contributed by atoms with van der Waals surface area (Å²) in [6.07, 6.45) is -0.0485. The lowest BCUT2D eigenvalue weighted by Gasteiger charge is -2.11. The van der Waals surface area contributed by atoms with Crippen LogP contribution in [0.5, 0.6) is 0 Å². The molecule has 2 N–H and O–H groups in total. The lowest BCUT2D eigenvalue weighted by atomic mass is 10.2. The van der Waals surface area contributed by atoms with E-state index in [4.69, 9.17) is 34.8 Å². The molecule has 0 aliphatic heterocycles. The monoisotopic (exact) mass is 445 g/mol. The molecule has 1 atom stereocenters. The van der Waals surface area contributed by atoms with Crippen LogP contribution < -0.4 is 4.72 Å². The summed E-state index contributed by atoms with van der Waals surface area (Å²) in [5.41, 5.74) is 0.781. The lowest BCUT2D eigenvalue weighted by Crippen LogP contribution is -2.28. The first-order valence-corrected chi connectivity index (χ1v) is 10.2. The van der Waals surface area contributed by atoms with Gasteiger partial charge in [0.25, 0.3) is 0 Å². The molecule has 3 aromatic rings. The Morgan fingerprint density at radius 2 is 1.78 bits per heavy atom. The van der Waals surface area contributed by atoms with E-state index >= 15 is 0 Å². The van der Waals surface area contributed by atoms with Crippen LogP contribution in [0.25, 0.3) is 11.4 Å². The van der Waals surface area contributed by atoms with Gasteiger partial charge in [-0.15, -0.1) is 0 Å². The van der Waals surface area contributed by atoms with Gasteiger partial charge in [0.1, 0.15) is 11.5 Å². The molecule has 2 aromatic carbocycles. The summed E-state index contributed by atoms with van der Waals surface area (Å²) in [4.78, 5) is 4.18. The van der Waals surface area contributed by atoms with E-state index < -0.39 is 16.3 Å². The average molecular weight is 447 g/mol. The van der Waals surface area contributed by atoms with Gasteiger partial charge in [0.2, 0.25) is 10.0 Å². The Hall–Kier alpha value is -1.61. The fourth-order valence-electron chi connectivity index (χ4n) is 2.43. The zero-order chi connectivity index (χ0) is 19.8. The Kier molecular flexibility index (Phi) is 5.81. The van der Waals surface area contributed by atoms with E-state index in [9.17, 15) is 13.5 Å². The van der Waals surface area contributed by atoms with Crippen LogP contribution >= 0.6 is 34.8 Å². The average Bonchev–Trinajstić information content (AvgIpc) is 2.99. The number of imidazole rings is 1. The molecule has 1 aromatic heterocycles. The molecule has 0 fully saturated rings. The standard InChI is InChI=1S/C17H14Cl3N3O3S/c1-23-9-15(21-16(23)11-4-2-3-5-12(11)18)17(24)22-27(25,26)10-6-7-13(19)14(20)8-10/h2-9,17,22,24H,1H3. The van der Waals surface area contributed by atoms with Crippen molar-refractivity contribution in [3.8, 4) is 11.4 Å². The summed E-state index contributed by atoms with van der Waals surface area (Å²) in [7, 11) is -2.32. The fraction of sp³-hybridized carbons (Fsp3) is 0.118. The van der Waals surface area contributed by atoms with Gasteiger partial charge in [-0.25, -0.2) is 13.4 Å². The number of benzene rings is 2. The van der Waals surface area contributed by atoms with Gasteiger partial charge in [0, 0.05) is 18.8 Å². The zero-order valence-electron chi connectivity index (χ0n) is 13.9. The summed E-state index contributed by atoms with van der Waals surface area (Å²) in [6, 6.07) is 10.9. The number of rotatable bonds is 5. The second-order valence-electron chi connectivity index (χ2n) is 5.68. The number of aliphatic hydroxyl groups excluding tert-OH is 1. The molecule has 0 saturated heterocycles. The molecule has 0 bridgehead atoms. The molecule has 1 unspecified atom stereocenters. The number of hydrogen-bond acceptors (Lipinski definition) is 4. The third-order valence-electron chi connectivity index (χ3n) is 3.76. The van der Waals surface area contributed by atoms with Crippen molar-refractivity contribution >= 4 is 44.8 Å². The summed E-state index contributed by atoms with van der Waals surface area (Å²) >= 11 is 17.9. The highest BCUT2D eigenvalue weighted by Gasteiger charge is 2.23. The van der Waals surface area contributed by atoms with Gasteiger partial charge in [-0.05, 0) is 30.3 Å². The van der Waals surface area contributed by atoms with Crippen LogP contribution in [0.3, 0.4) is 0 Å². The minimum atomic E-state index is -4.04. The zero-order valence-corrected chi connectivity index (χ0v) is 17.0. The van der Waals surface area contributed by atoms with E-state index in [0.717, 1.165) is 0 Å². The summed E-state index contributed by atoms with van der Waals surface area (Å²) in [5.74, 6) is 0.489.